The fraction of sp³-hybridized carbons (Fsp3) is 0.346. The maximum Gasteiger partial charge on any atom is 0.258 e. The van der Waals surface area contributed by atoms with Crippen LogP contribution in [0.15, 0.2) is 59.4 Å². The zero-order chi connectivity index (χ0) is 22.7. The lowest BCUT2D eigenvalue weighted by molar-refractivity contribution is -0.122. The minimum Gasteiger partial charge on any atom is -0.348 e. The monoisotopic (exact) mass is 430 g/mol. The zero-order valence-electron chi connectivity index (χ0n) is 19.0. The van der Waals surface area contributed by atoms with Crippen molar-refractivity contribution in [3.05, 3.63) is 98.7 Å². The third-order valence-corrected chi connectivity index (χ3v) is 6.09. The molecule has 0 saturated heterocycles. The van der Waals surface area contributed by atoms with E-state index in [1.54, 1.807) is 6.92 Å². The summed E-state index contributed by atoms with van der Waals surface area (Å²) in [5.41, 5.74) is 4.90. The van der Waals surface area contributed by atoms with Gasteiger partial charge >= 0.3 is 0 Å². The highest BCUT2D eigenvalue weighted by Crippen LogP contribution is 2.17. The number of carbonyl (C=O) groups is 1. The van der Waals surface area contributed by atoms with Crippen LogP contribution in [-0.4, -0.2) is 26.9 Å². The minimum absolute atomic E-state index is 0.0279. The molecular weight excluding hydrogens is 400 g/mol. The van der Waals surface area contributed by atoms with Crippen molar-refractivity contribution in [2.45, 2.75) is 52.9 Å². The Balaban J connectivity index is 1.48. The van der Waals surface area contributed by atoms with Gasteiger partial charge in [-0.2, -0.15) is 0 Å². The first kappa shape index (κ1) is 22.0. The summed E-state index contributed by atoms with van der Waals surface area (Å²) in [7, 11) is 0. The van der Waals surface area contributed by atoms with Crippen molar-refractivity contribution < 1.29 is 4.79 Å². The van der Waals surface area contributed by atoms with Crippen molar-refractivity contribution in [3.63, 3.8) is 0 Å². The molecule has 3 aromatic rings. The van der Waals surface area contributed by atoms with Crippen LogP contribution < -0.4 is 10.9 Å². The summed E-state index contributed by atoms with van der Waals surface area (Å²) in [5, 5.41) is 3.00. The third-order valence-electron chi connectivity index (χ3n) is 6.09. The molecule has 1 atom stereocenters. The quantitative estimate of drug-likeness (QED) is 0.652. The summed E-state index contributed by atoms with van der Waals surface area (Å²) in [5.74, 6) is 0.394. The molecule has 0 bridgehead atoms. The summed E-state index contributed by atoms with van der Waals surface area (Å²) < 4.78 is 1.50. The van der Waals surface area contributed by atoms with Crippen molar-refractivity contribution in [3.8, 4) is 0 Å². The van der Waals surface area contributed by atoms with Crippen molar-refractivity contribution in [2.24, 2.45) is 0 Å². The van der Waals surface area contributed by atoms with Crippen LogP contribution in [0.3, 0.4) is 0 Å². The molecule has 1 aromatic heterocycles. The zero-order valence-corrected chi connectivity index (χ0v) is 19.0. The van der Waals surface area contributed by atoms with Crippen LogP contribution in [-0.2, 0) is 30.8 Å². The molecular formula is C26H30N4O2. The first-order valence-corrected chi connectivity index (χ1v) is 11.1. The van der Waals surface area contributed by atoms with Gasteiger partial charge in [0.15, 0.2) is 0 Å². The topological polar surface area (TPSA) is 67.2 Å². The molecule has 0 spiro atoms. The second kappa shape index (κ2) is 9.49. The van der Waals surface area contributed by atoms with Gasteiger partial charge in [0.2, 0.25) is 5.91 Å². The smallest absolute Gasteiger partial charge is 0.258 e. The summed E-state index contributed by atoms with van der Waals surface area (Å²) in [6.07, 6.45) is 0.746. The highest BCUT2D eigenvalue weighted by atomic mass is 16.2. The highest BCUT2D eigenvalue weighted by Gasteiger charge is 2.23. The van der Waals surface area contributed by atoms with Gasteiger partial charge in [0, 0.05) is 26.1 Å². The first-order chi connectivity index (χ1) is 15.4. The number of fused-ring (bicyclic) bond motifs is 1. The van der Waals surface area contributed by atoms with Crippen molar-refractivity contribution >= 4 is 5.91 Å². The fourth-order valence-electron chi connectivity index (χ4n) is 4.22. The second-order valence-corrected chi connectivity index (χ2v) is 8.62. The molecule has 4 rings (SSSR count). The van der Waals surface area contributed by atoms with Crippen LogP contribution in [0.5, 0.6) is 0 Å². The largest absolute Gasteiger partial charge is 0.348 e. The summed E-state index contributed by atoms with van der Waals surface area (Å²) >= 11 is 0. The number of nitrogens with one attached hydrogen (secondary N) is 1. The molecule has 6 heteroatoms. The van der Waals surface area contributed by atoms with Crippen LogP contribution in [0, 0.1) is 13.8 Å². The van der Waals surface area contributed by atoms with Gasteiger partial charge in [0.05, 0.1) is 17.3 Å². The fourth-order valence-corrected chi connectivity index (χ4v) is 4.22. The maximum atomic E-state index is 13.3. The van der Waals surface area contributed by atoms with E-state index in [0.717, 1.165) is 30.8 Å². The lowest BCUT2D eigenvalue weighted by Gasteiger charge is -2.28. The molecule has 2 heterocycles. The number of nitrogens with zero attached hydrogens (tertiary/aromatic N) is 3. The van der Waals surface area contributed by atoms with Crippen LogP contribution >= 0.6 is 0 Å². The lowest BCUT2D eigenvalue weighted by atomic mass is 10.1. The number of amides is 1. The Kier molecular flexibility index (Phi) is 6.51. The normalized spacial score (nSPS) is 14.6. The second-order valence-electron chi connectivity index (χ2n) is 8.62. The van der Waals surface area contributed by atoms with E-state index < -0.39 is 0 Å². The Morgan fingerprint density at radius 3 is 2.53 bits per heavy atom. The van der Waals surface area contributed by atoms with Gasteiger partial charge in [-0.25, -0.2) is 4.98 Å². The Bertz CT molecular complexity index is 1150. The van der Waals surface area contributed by atoms with Crippen LogP contribution in [0.1, 0.15) is 46.7 Å². The molecule has 1 amide bonds. The molecule has 0 fully saturated rings. The van der Waals surface area contributed by atoms with Crippen molar-refractivity contribution in [1.29, 1.82) is 0 Å². The van der Waals surface area contributed by atoms with E-state index in [0.29, 0.717) is 17.9 Å². The predicted molar refractivity (Wildman–Crippen MR) is 125 cm³/mol. The van der Waals surface area contributed by atoms with Gasteiger partial charge in [-0.05, 0) is 31.9 Å². The van der Waals surface area contributed by atoms with E-state index in [-0.39, 0.29) is 24.1 Å². The Morgan fingerprint density at radius 2 is 1.81 bits per heavy atom. The number of hydrogen-bond donors (Lipinski definition) is 1. The molecule has 0 unspecified atom stereocenters. The number of benzene rings is 2. The molecule has 166 valence electrons. The molecule has 1 aliphatic heterocycles. The number of carbonyl (C=O) groups excluding carboxylic acids is 1. The molecule has 2 aromatic carbocycles. The van der Waals surface area contributed by atoms with Gasteiger partial charge in [-0.1, -0.05) is 60.2 Å². The standard InChI is InChI=1S/C26H30N4O2/c1-18-9-11-22(12-10-18)19(2)27-25(31)17-30-20(3)28-24-13-14-29(16-23(24)26(30)32)15-21-7-5-4-6-8-21/h4-12,19H,13-17H2,1-3H3,(H,27,31)/t19-/m0/s1. The van der Waals surface area contributed by atoms with E-state index in [1.165, 1.54) is 15.7 Å². The average Bonchev–Trinajstić information content (AvgIpc) is 2.78. The van der Waals surface area contributed by atoms with E-state index in [2.05, 4.69) is 27.3 Å². The number of hydrogen-bond acceptors (Lipinski definition) is 4. The van der Waals surface area contributed by atoms with Crippen LogP contribution in [0.4, 0.5) is 0 Å². The minimum atomic E-state index is -0.193. The lowest BCUT2D eigenvalue weighted by Crippen LogP contribution is -2.41. The van der Waals surface area contributed by atoms with E-state index in [9.17, 15) is 9.59 Å². The Morgan fingerprint density at radius 1 is 1.09 bits per heavy atom. The summed E-state index contributed by atoms with van der Waals surface area (Å²) in [4.78, 5) is 32.9. The third kappa shape index (κ3) is 4.97. The molecule has 0 radical (unpaired) electrons. The number of rotatable bonds is 6. The molecule has 0 aliphatic carbocycles. The molecule has 1 N–H and O–H groups in total. The van der Waals surface area contributed by atoms with Gasteiger partial charge in [-0.3, -0.25) is 19.1 Å². The Labute approximate surface area is 188 Å². The van der Waals surface area contributed by atoms with Crippen LogP contribution in [0.2, 0.25) is 0 Å². The van der Waals surface area contributed by atoms with Gasteiger partial charge in [0.1, 0.15) is 12.4 Å². The SMILES string of the molecule is Cc1ccc([C@H](C)NC(=O)Cn2c(C)nc3c(c2=O)CN(Cc2ccccc2)CC3)cc1. The summed E-state index contributed by atoms with van der Waals surface area (Å²) in [6, 6.07) is 18.2. The average molecular weight is 431 g/mol. The molecule has 32 heavy (non-hydrogen) atoms. The van der Waals surface area contributed by atoms with Crippen molar-refractivity contribution in [1.82, 2.24) is 19.8 Å². The van der Waals surface area contributed by atoms with E-state index in [4.69, 9.17) is 0 Å². The van der Waals surface area contributed by atoms with E-state index in [1.807, 2.05) is 56.3 Å². The molecule has 1 aliphatic rings. The first-order valence-electron chi connectivity index (χ1n) is 11.1. The van der Waals surface area contributed by atoms with Crippen molar-refractivity contribution in [2.75, 3.05) is 6.54 Å². The van der Waals surface area contributed by atoms with Crippen LogP contribution in [0.25, 0.3) is 0 Å². The van der Waals surface area contributed by atoms with E-state index >= 15 is 0 Å². The highest BCUT2D eigenvalue weighted by molar-refractivity contribution is 5.76. The summed E-state index contributed by atoms with van der Waals surface area (Å²) in [6.45, 7) is 7.97. The van der Waals surface area contributed by atoms with Gasteiger partial charge in [-0.15, -0.1) is 0 Å². The number of aryl methyl sites for hydroxylation is 2. The maximum absolute atomic E-state index is 13.3. The number of aromatic nitrogens is 2. The molecule has 0 saturated carbocycles. The molecule has 6 nitrogen and oxygen atoms in total. The predicted octanol–water partition coefficient (Wildman–Crippen LogP) is 3.30. The van der Waals surface area contributed by atoms with Gasteiger partial charge < -0.3 is 5.32 Å². The van der Waals surface area contributed by atoms with Gasteiger partial charge in [0.25, 0.3) is 5.56 Å². The Hall–Kier alpha value is -3.25.